The lowest BCUT2D eigenvalue weighted by Gasteiger charge is -2.36. The lowest BCUT2D eigenvalue weighted by Crippen LogP contribution is -2.48. The van der Waals surface area contributed by atoms with Gasteiger partial charge in [0.05, 0.1) is 5.02 Å². The number of carbonyl (C=O) groups excluding carboxylic acids is 1. The van der Waals surface area contributed by atoms with Gasteiger partial charge in [0, 0.05) is 42.0 Å². The van der Waals surface area contributed by atoms with Crippen LogP contribution in [0.2, 0.25) is 5.02 Å². The van der Waals surface area contributed by atoms with Crippen molar-refractivity contribution in [3.05, 3.63) is 64.0 Å². The highest BCUT2D eigenvalue weighted by Gasteiger charge is 2.27. The summed E-state index contributed by atoms with van der Waals surface area (Å²) in [5, 5.41) is 0.501. The summed E-state index contributed by atoms with van der Waals surface area (Å²) < 4.78 is 27.7. The van der Waals surface area contributed by atoms with Gasteiger partial charge in [-0.1, -0.05) is 17.7 Å². The molecule has 0 saturated carbocycles. The van der Waals surface area contributed by atoms with Gasteiger partial charge in [-0.3, -0.25) is 4.79 Å². The summed E-state index contributed by atoms with van der Waals surface area (Å²) in [6, 6.07) is 11.0. The van der Waals surface area contributed by atoms with Crippen molar-refractivity contribution in [2.75, 3.05) is 31.1 Å². The molecular formula is C19H15ClF2N2OS. The summed E-state index contributed by atoms with van der Waals surface area (Å²) in [5.41, 5.74) is 0.931. The van der Waals surface area contributed by atoms with Crippen molar-refractivity contribution in [3.63, 3.8) is 0 Å². The Bertz CT molecular complexity index is 966. The summed E-state index contributed by atoms with van der Waals surface area (Å²) in [4.78, 5) is 17.1. The highest BCUT2D eigenvalue weighted by Crippen LogP contribution is 2.37. The van der Waals surface area contributed by atoms with E-state index in [4.69, 9.17) is 11.6 Å². The molecule has 3 aromatic rings. The second-order valence-electron chi connectivity index (χ2n) is 6.11. The van der Waals surface area contributed by atoms with Gasteiger partial charge in [-0.15, -0.1) is 11.3 Å². The van der Waals surface area contributed by atoms with Crippen LogP contribution in [-0.2, 0) is 0 Å². The van der Waals surface area contributed by atoms with E-state index in [1.165, 1.54) is 29.5 Å². The topological polar surface area (TPSA) is 23.6 Å². The number of piperazine rings is 1. The van der Waals surface area contributed by atoms with E-state index in [9.17, 15) is 13.6 Å². The molecule has 0 N–H and O–H groups in total. The molecule has 1 fully saturated rings. The van der Waals surface area contributed by atoms with Crippen LogP contribution >= 0.6 is 22.9 Å². The largest absolute Gasteiger partial charge is 0.368 e. The summed E-state index contributed by atoms with van der Waals surface area (Å²) >= 11 is 7.51. The highest BCUT2D eigenvalue weighted by molar-refractivity contribution is 7.21. The van der Waals surface area contributed by atoms with Gasteiger partial charge >= 0.3 is 0 Å². The molecule has 1 aromatic heterocycles. The van der Waals surface area contributed by atoms with Crippen LogP contribution in [0.3, 0.4) is 0 Å². The fourth-order valence-electron chi connectivity index (χ4n) is 3.17. The summed E-state index contributed by atoms with van der Waals surface area (Å²) in [7, 11) is 0. The van der Waals surface area contributed by atoms with Gasteiger partial charge in [0.15, 0.2) is 0 Å². The third kappa shape index (κ3) is 3.04. The van der Waals surface area contributed by atoms with Crippen LogP contribution in [0, 0.1) is 11.6 Å². The van der Waals surface area contributed by atoms with Crippen molar-refractivity contribution >= 4 is 44.6 Å². The first-order valence-electron chi connectivity index (χ1n) is 8.21. The van der Waals surface area contributed by atoms with E-state index in [1.54, 1.807) is 29.2 Å². The number of amides is 1. The fourth-order valence-corrected chi connectivity index (χ4v) is 4.69. The smallest absolute Gasteiger partial charge is 0.265 e. The quantitative estimate of drug-likeness (QED) is 0.625. The number of nitrogens with zero attached hydrogens (tertiary/aromatic N) is 2. The predicted molar refractivity (Wildman–Crippen MR) is 101 cm³/mol. The Kier molecular flexibility index (Phi) is 4.54. The van der Waals surface area contributed by atoms with E-state index >= 15 is 0 Å². The minimum absolute atomic E-state index is 0.172. The number of thiophene rings is 1. The number of hydrogen-bond acceptors (Lipinski definition) is 3. The number of benzene rings is 2. The maximum atomic E-state index is 14.0. The van der Waals surface area contributed by atoms with E-state index < -0.39 is 5.82 Å². The number of rotatable bonds is 2. The van der Waals surface area contributed by atoms with Crippen LogP contribution in [0.5, 0.6) is 0 Å². The van der Waals surface area contributed by atoms with Crippen molar-refractivity contribution in [1.82, 2.24) is 4.90 Å². The molecular weight excluding hydrogens is 378 g/mol. The van der Waals surface area contributed by atoms with Crippen LogP contribution in [-0.4, -0.2) is 37.0 Å². The van der Waals surface area contributed by atoms with Gasteiger partial charge in [0.2, 0.25) is 0 Å². The zero-order chi connectivity index (χ0) is 18.3. The van der Waals surface area contributed by atoms with E-state index in [2.05, 4.69) is 4.90 Å². The minimum Gasteiger partial charge on any atom is -0.368 e. The van der Waals surface area contributed by atoms with Crippen molar-refractivity contribution in [2.24, 2.45) is 0 Å². The number of hydrogen-bond donors (Lipinski definition) is 0. The molecule has 1 aliphatic heterocycles. The standard InChI is InChI=1S/C19H15ClF2N2OS/c20-17-16-14(22)2-1-3-15(16)26-18(17)19(25)24-10-8-23(9-11-24)13-6-4-12(21)5-7-13/h1-7H,8-11H2. The predicted octanol–water partition coefficient (Wildman–Crippen LogP) is 4.80. The SMILES string of the molecule is O=C(c1sc2cccc(F)c2c1Cl)N1CCN(c2ccc(F)cc2)CC1. The minimum atomic E-state index is -0.413. The Hall–Kier alpha value is -2.18. The molecule has 0 unspecified atom stereocenters. The Balaban J connectivity index is 1.51. The number of fused-ring (bicyclic) bond motifs is 1. The van der Waals surface area contributed by atoms with Crippen LogP contribution in [0.15, 0.2) is 42.5 Å². The first-order chi connectivity index (χ1) is 12.5. The lowest BCUT2D eigenvalue weighted by atomic mass is 10.2. The van der Waals surface area contributed by atoms with Crippen molar-refractivity contribution in [1.29, 1.82) is 0 Å². The molecule has 0 aliphatic carbocycles. The Morgan fingerprint density at radius 1 is 1.00 bits per heavy atom. The zero-order valence-corrected chi connectivity index (χ0v) is 15.3. The molecule has 134 valence electrons. The number of carbonyl (C=O) groups is 1. The van der Waals surface area contributed by atoms with Gasteiger partial charge in [-0.05, 0) is 36.4 Å². The fraction of sp³-hybridized carbons (Fsp3) is 0.211. The van der Waals surface area contributed by atoms with Gasteiger partial charge < -0.3 is 9.80 Å². The van der Waals surface area contributed by atoms with Crippen molar-refractivity contribution < 1.29 is 13.6 Å². The van der Waals surface area contributed by atoms with E-state index in [-0.39, 0.29) is 16.7 Å². The number of halogens is 3. The van der Waals surface area contributed by atoms with Gasteiger partial charge in [-0.25, -0.2) is 8.78 Å². The Morgan fingerprint density at radius 2 is 1.69 bits per heavy atom. The second kappa shape index (κ2) is 6.85. The third-order valence-corrected chi connectivity index (χ3v) is 6.19. The Morgan fingerprint density at radius 3 is 2.35 bits per heavy atom. The molecule has 2 aromatic carbocycles. The van der Waals surface area contributed by atoms with E-state index in [1.807, 2.05) is 0 Å². The molecule has 4 rings (SSSR count). The van der Waals surface area contributed by atoms with Crippen LogP contribution in [0.1, 0.15) is 9.67 Å². The number of anilines is 1. The van der Waals surface area contributed by atoms with Crippen LogP contribution in [0.25, 0.3) is 10.1 Å². The molecule has 0 atom stereocenters. The van der Waals surface area contributed by atoms with Crippen LogP contribution < -0.4 is 4.90 Å². The molecule has 1 amide bonds. The lowest BCUT2D eigenvalue weighted by molar-refractivity contribution is 0.0752. The molecule has 3 nitrogen and oxygen atoms in total. The first-order valence-corrected chi connectivity index (χ1v) is 9.40. The molecule has 2 heterocycles. The molecule has 7 heteroatoms. The van der Waals surface area contributed by atoms with Crippen molar-refractivity contribution in [2.45, 2.75) is 0 Å². The van der Waals surface area contributed by atoms with Crippen molar-refractivity contribution in [3.8, 4) is 0 Å². The normalized spacial score (nSPS) is 14.9. The maximum Gasteiger partial charge on any atom is 0.265 e. The van der Waals surface area contributed by atoms with Gasteiger partial charge in [0.25, 0.3) is 5.91 Å². The van der Waals surface area contributed by atoms with Gasteiger partial charge in [0.1, 0.15) is 16.5 Å². The molecule has 1 saturated heterocycles. The maximum absolute atomic E-state index is 14.0. The van der Waals surface area contributed by atoms with E-state index in [0.717, 1.165) is 5.69 Å². The van der Waals surface area contributed by atoms with Crippen LogP contribution in [0.4, 0.5) is 14.5 Å². The average molecular weight is 393 g/mol. The molecule has 1 aliphatic rings. The Labute approximate surface area is 158 Å². The third-order valence-electron chi connectivity index (χ3n) is 4.56. The average Bonchev–Trinajstić information content (AvgIpc) is 3.00. The highest BCUT2D eigenvalue weighted by atomic mass is 35.5. The molecule has 26 heavy (non-hydrogen) atoms. The second-order valence-corrected chi connectivity index (χ2v) is 7.54. The van der Waals surface area contributed by atoms with Gasteiger partial charge in [-0.2, -0.15) is 0 Å². The monoisotopic (exact) mass is 392 g/mol. The summed E-state index contributed by atoms with van der Waals surface area (Å²) in [5.74, 6) is -0.854. The molecule has 0 spiro atoms. The zero-order valence-electron chi connectivity index (χ0n) is 13.7. The summed E-state index contributed by atoms with van der Waals surface area (Å²) in [6.45, 7) is 2.36. The molecule has 0 bridgehead atoms. The summed E-state index contributed by atoms with van der Waals surface area (Å²) in [6.07, 6.45) is 0. The first kappa shape index (κ1) is 17.2. The van der Waals surface area contributed by atoms with E-state index in [0.29, 0.717) is 41.1 Å². The molecule has 0 radical (unpaired) electrons.